The van der Waals surface area contributed by atoms with Gasteiger partial charge in [-0.2, -0.15) is 0 Å². The fraction of sp³-hybridized carbons (Fsp3) is 0.300. The predicted octanol–water partition coefficient (Wildman–Crippen LogP) is 0.745. The van der Waals surface area contributed by atoms with E-state index in [2.05, 4.69) is 30.1 Å². The molecule has 1 aromatic rings. The minimum absolute atomic E-state index is 1.15. The Morgan fingerprint density at radius 1 is 1.27 bits per heavy atom. The second-order valence-corrected chi connectivity index (χ2v) is 2.88. The van der Waals surface area contributed by atoms with E-state index in [1.54, 1.807) is 0 Å². The Balaban J connectivity index is 2.88. The van der Waals surface area contributed by atoms with Gasteiger partial charge < -0.3 is 0 Å². The van der Waals surface area contributed by atoms with Gasteiger partial charge in [-0.05, 0) is 36.3 Å². The summed E-state index contributed by atoms with van der Waals surface area (Å²) in [6.07, 6.45) is 8.78. The van der Waals surface area contributed by atoms with Crippen LogP contribution in [0.25, 0.3) is 12.2 Å². The number of nitrogens with zero attached hydrogens (tertiary/aromatic N) is 1. The highest BCUT2D eigenvalue weighted by atomic mass is 14.6. The summed E-state index contributed by atoms with van der Waals surface area (Å²) in [5.74, 6) is 0. The third-order valence-electron chi connectivity index (χ3n) is 2.10. The van der Waals surface area contributed by atoms with Gasteiger partial charge in [0.2, 0.25) is 0 Å². The van der Waals surface area contributed by atoms with E-state index in [4.69, 9.17) is 0 Å². The van der Waals surface area contributed by atoms with Gasteiger partial charge in [-0.1, -0.05) is 12.2 Å². The number of aryl methyl sites for hydroxylation is 1. The molecule has 0 fully saturated rings. The topological polar surface area (TPSA) is 12.9 Å². The Kier molecular flexibility index (Phi) is 1.50. The Morgan fingerprint density at radius 3 is 2.91 bits per heavy atom. The van der Waals surface area contributed by atoms with E-state index in [0.29, 0.717) is 0 Å². The zero-order valence-electron chi connectivity index (χ0n) is 6.67. The van der Waals surface area contributed by atoms with Crippen LogP contribution in [0.2, 0.25) is 0 Å². The first-order valence-corrected chi connectivity index (χ1v) is 4.00. The fourth-order valence-corrected chi connectivity index (χ4v) is 1.51. The minimum atomic E-state index is 1.15. The van der Waals surface area contributed by atoms with Crippen LogP contribution >= 0.6 is 0 Å². The molecular weight excluding hydrogens is 134 g/mol. The molecule has 1 heterocycles. The number of pyridine rings is 1. The zero-order valence-corrected chi connectivity index (χ0v) is 6.67. The molecule has 1 aliphatic carbocycles. The van der Waals surface area contributed by atoms with Gasteiger partial charge in [-0.15, -0.1) is 0 Å². The number of hydrogen-bond donors (Lipinski definition) is 0. The lowest BCUT2D eigenvalue weighted by Crippen LogP contribution is -2.29. The monoisotopic (exact) mass is 145 g/mol. The largest absolute Gasteiger partial charge is 0.261 e. The van der Waals surface area contributed by atoms with Crippen molar-refractivity contribution in [2.75, 3.05) is 0 Å². The van der Waals surface area contributed by atoms with Gasteiger partial charge in [-0.25, -0.2) is 0 Å². The third-order valence-corrected chi connectivity index (χ3v) is 2.10. The molecule has 0 radical (unpaired) electrons. The van der Waals surface area contributed by atoms with Crippen LogP contribution in [-0.2, 0) is 0 Å². The number of rotatable bonds is 0. The predicted molar refractivity (Wildman–Crippen MR) is 46.4 cm³/mol. The summed E-state index contributed by atoms with van der Waals surface area (Å²) in [7, 11) is 0. The Morgan fingerprint density at radius 2 is 2.09 bits per heavy atom. The fourth-order valence-electron chi connectivity index (χ4n) is 1.51. The van der Waals surface area contributed by atoms with Gasteiger partial charge in [0.15, 0.2) is 0 Å². The van der Waals surface area contributed by atoms with E-state index < -0.39 is 0 Å². The highest BCUT2D eigenvalue weighted by Crippen LogP contribution is 1.94. The maximum Gasteiger partial charge on any atom is 0.0447 e. The van der Waals surface area contributed by atoms with E-state index in [1.807, 2.05) is 6.20 Å². The molecule has 0 unspecified atom stereocenters. The van der Waals surface area contributed by atoms with Crippen LogP contribution < -0.4 is 10.4 Å². The molecule has 0 spiro atoms. The van der Waals surface area contributed by atoms with Crippen molar-refractivity contribution in [3.8, 4) is 0 Å². The van der Waals surface area contributed by atoms with E-state index in [0.717, 1.165) is 5.69 Å². The molecule has 1 aliphatic rings. The van der Waals surface area contributed by atoms with Crippen LogP contribution in [0.4, 0.5) is 0 Å². The first-order chi connectivity index (χ1) is 5.38. The van der Waals surface area contributed by atoms with Crippen molar-refractivity contribution in [1.29, 1.82) is 0 Å². The first kappa shape index (κ1) is 6.59. The molecule has 1 heteroatoms. The van der Waals surface area contributed by atoms with Crippen LogP contribution in [-0.4, -0.2) is 4.98 Å². The summed E-state index contributed by atoms with van der Waals surface area (Å²) >= 11 is 0. The van der Waals surface area contributed by atoms with Crippen LogP contribution in [0.15, 0.2) is 12.3 Å². The molecule has 56 valence electrons. The summed E-state index contributed by atoms with van der Waals surface area (Å²) in [6, 6.07) is 2.08. The Labute approximate surface area is 66.1 Å². The molecule has 1 nitrogen and oxygen atoms in total. The first-order valence-electron chi connectivity index (χ1n) is 4.00. The Bertz CT molecular complexity index is 376. The summed E-state index contributed by atoms with van der Waals surface area (Å²) in [5, 5.41) is 2.68. The van der Waals surface area contributed by atoms with Gasteiger partial charge >= 0.3 is 0 Å². The smallest absolute Gasteiger partial charge is 0.0447 e. The Hall–Kier alpha value is -1.11. The van der Waals surface area contributed by atoms with Gasteiger partial charge in [0.1, 0.15) is 0 Å². The second-order valence-electron chi connectivity index (χ2n) is 2.88. The van der Waals surface area contributed by atoms with Gasteiger partial charge in [0.25, 0.3) is 0 Å². The SMILES string of the molecule is Cc1nccc2c1=CCCC=2. The summed E-state index contributed by atoms with van der Waals surface area (Å²) < 4.78 is 0. The molecule has 0 saturated carbocycles. The van der Waals surface area contributed by atoms with Crippen molar-refractivity contribution in [2.45, 2.75) is 19.8 Å². The van der Waals surface area contributed by atoms with Crippen molar-refractivity contribution >= 4 is 12.2 Å². The normalized spacial score (nSPS) is 14.6. The molecule has 0 N–H and O–H groups in total. The maximum absolute atomic E-state index is 4.24. The number of hydrogen-bond acceptors (Lipinski definition) is 1. The lowest BCUT2D eigenvalue weighted by atomic mass is 10.1. The van der Waals surface area contributed by atoms with Gasteiger partial charge in [-0.3, -0.25) is 4.98 Å². The maximum atomic E-state index is 4.24. The third kappa shape index (κ3) is 1.07. The van der Waals surface area contributed by atoms with Crippen LogP contribution in [0.3, 0.4) is 0 Å². The molecule has 11 heavy (non-hydrogen) atoms. The minimum Gasteiger partial charge on any atom is -0.261 e. The van der Waals surface area contributed by atoms with E-state index in [1.165, 1.54) is 23.3 Å². The highest BCUT2D eigenvalue weighted by Gasteiger charge is 1.94. The highest BCUT2D eigenvalue weighted by molar-refractivity contribution is 5.38. The van der Waals surface area contributed by atoms with Crippen LogP contribution in [0, 0.1) is 6.92 Å². The summed E-state index contributed by atoms with van der Waals surface area (Å²) in [4.78, 5) is 4.24. The van der Waals surface area contributed by atoms with Gasteiger partial charge in [0.05, 0.1) is 0 Å². The zero-order chi connectivity index (χ0) is 7.68. The molecule has 0 bridgehead atoms. The lowest BCUT2D eigenvalue weighted by molar-refractivity contribution is 1.07. The summed E-state index contributed by atoms with van der Waals surface area (Å²) in [5.41, 5.74) is 1.15. The van der Waals surface area contributed by atoms with Crippen molar-refractivity contribution in [3.63, 3.8) is 0 Å². The average Bonchev–Trinajstić information content (AvgIpc) is 2.06. The lowest BCUT2D eigenvalue weighted by Gasteiger charge is -2.00. The van der Waals surface area contributed by atoms with E-state index in [-0.39, 0.29) is 0 Å². The average molecular weight is 145 g/mol. The second kappa shape index (κ2) is 2.50. The van der Waals surface area contributed by atoms with Crippen LogP contribution in [0.5, 0.6) is 0 Å². The van der Waals surface area contributed by atoms with Gasteiger partial charge in [0, 0.05) is 11.9 Å². The van der Waals surface area contributed by atoms with E-state index in [9.17, 15) is 0 Å². The van der Waals surface area contributed by atoms with E-state index >= 15 is 0 Å². The van der Waals surface area contributed by atoms with Crippen molar-refractivity contribution in [1.82, 2.24) is 4.98 Å². The molecule has 0 aromatic carbocycles. The number of aromatic nitrogens is 1. The molecule has 0 amide bonds. The molecule has 2 rings (SSSR count). The van der Waals surface area contributed by atoms with Crippen molar-refractivity contribution in [2.24, 2.45) is 0 Å². The number of fused-ring (bicyclic) bond motifs is 1. The molecule has 1 aromatic heterocycles. The van der Waals surface area contributed by atoms with Crippen molar-refractivity contribution in [3.05, 3.63) is 28.4 Å². The standard InChI is InChI=1S/C10H11N/c1-8-10-5-3-2-4-9(10)6-7-11-8/h4-7H,2-3H2,1H3. The molecular formula is C10H11N. The molecule has 0 aliphatic heterocycles. The molecule has 0 saturated heterocycles. The van der Waals surface area contributed by atoms with Crippen LogP contribution in [0.1, 0.15) is 18.5 Å². The quantitative estimate of drug-likeness (QED) is 0.525. The molecule has 0 atom stereocenters. The summed E-state index contributed by atoms with van der Waals surface area (Å²) in [6.45, 7) is 2.06. The van der Waals surface area contributed by atoms with Crippen molar-refractivity contribution < 1.29 is 0 Å².